The number of hydrogen-bond donors (Lipinski definition) is 0. The molecule has 0 atom stereocenters. The molecule has 24 heavy (non-hydrogen) atoms. The van der Waals surface area contributed by atoms with Crippen molar-refractivity contribution < 1.29 is 4.79 Å². The van der Waals surface area contributed by atoms with Gasteiger partial charge in [-0.25, -0.2) is 4.98 Å². The second-order valence-electron chi connectivity index (χ2n) is 7.55. The van der Waals surface area contributed by atoms with E-state index in [0.717, 1.165) is 43.8 Å². The number of piperazine rings is 1. The smallest absolute Gasteiger partial charge is 0.225 e. The maximum absolute atomic E-state index is 12.1. The van der Waals surface area contributed by atoms with Crippen LogP contribution in [0.15, 0.2) is 5.38 Å². The fourth-order valence-electron chi connectivity index (χ4n) is 3.45. The number of carbonyl (C=O) groups excluding carboxylic acids is 1. The van der Waals surface area contributed by atoms with Crippen LogP contribution in [0.25, 0.3) is 0 Å². The highest BCUT2D eigenvalue weighted by atomic mass is 32.1. The Labute approximate surface area is 149 Å². The molecule has 1 amide bonds. The maximum atomic E-state index is 12.1. The minimum atomic E-state index is 0.0928. The standard InChI is InChI=1S/C18H30N4OS/c1-14(2)17(23)21-8-10-22(11-9-21)18-19-16(13-24-18)12-20-6-4-15(3)5-7-20/h13-15H,4-12H2,1-3H3. The lowest BCUT2D eigenvalue weighted by Crippen LogP contribution is -2.49. The van der Waals surface area contributed by atoms with Crippen molar-refractivity contribution in [2.75, 3.05) is 44.2 Å². The Morgan fingerprint density at radius 3 is 2.50 bits per heavy atom. The molecule has 2 aliphatic rings. The largest absolute Gasteiger partial charge is 0.345 e. The van der Waals surface area contributed by atoms with Crippen molar-refractivity contribution in [2.45, 2.75) is 40.2 Å². The fraction of sp³-hybridized carbons (Fsp3) is 0.778. The van der Waals surface area contributed by atoms with E-state index in [1.165, 1.54) is 31.6 Å². The van der Waals surface area contributed by atoms with Crippen molar-refractivity contribution in [3.05, 3.63) is 11.1 Å². The molecule has 3 heterocycles. The minimum absolute atomic E-state index is 0.0928. The van der Waals surface area contributed by atoms with Crippen LogP contribution >= 0.6 is 11.3 Å². The van der Waals surface area contributed by atoms with Crippen molar-refractivity contribution in [2.24, 2.45) is 11.8 Å². The zero-order valence-corrected chi connectivity index (χ0v) is 16.0. The Morgan fingerprint density at radius 2 is 1.88 bits per heavy atom. The Kier molecular flexibility index (Phi) is 5.76. The number of carbonyl (C=O) groups is 1. The molecular weight excluding hydrogens is 320 g/mol. The number of aromatic nitrogens is 1. The summed E-state index contributed by atoms with van der Waals surface area (Å²) in [5.74, 6) is 1.24. The summed E-state index contributed by atoms with van der Waals surface area (Å²) in [7, 11) is 0. The third kappa shape index (κ3) is 4.28. The van der Waals surface area contributed by atoms with Gasteiger partial charge in [-0.3, -0.25) is 9.69 Å². The van der Waals surface area contributed by atoms with Crippen molar-refractivity contribution in [1.82, 2.24) is 14.8 Å². The molecule has 0 bridgehead atoms. The number of amides is 1. The molecule has 2 aliphatic heterocycles. The van der Waals surface area contributed by atoms with Gasteiger partial charge in [0.1, 0.15) is 0 Å². The van der Waals surface area contributed by atoms with E-state index in [1.807, 2.05) is 18.7 Å². The van der Waals surface area contributed by atoms with E-state index in [9.17, 15) is 4.79 Å². The molecule has 5 nitrogen and oxygen atoms in total. The van der Waals surface area contributed by atoms with Crippen molar-refractivity contribution in [1.29, 1.82) is 0 Å². The molecule has 2 fully saturated rings. The average molecular weight is 351 g/mol. The highest BCUT2D eigenvalue weighted by Crippen LogP contribution is 2.24. The Hall–Kier alpha value is -1.14. The summed E-state index contributed by atoms with van der Waals surface area (Å²) in [6.07, 6.45) is 2.62. The van der Waals surface area contributed by atoms with Gasteiger partial charge in [-0.05, 0) is 31.8 Å². The van der Waals surface area contributed by atoms with Crippen LogP contribution in [0.4, 0.5) is 5.13 Å². The summed E-state index contributed by atoms with van der Waals surface area (Å²) in [4.78, 5) is 23.8. The van der Waals surface area contributed by atoms with Gasteiger partial charge in [0.05, 0.1) is 5.69 Å². The molecule has 0 saturated carbocycles. The van der Waals surface area contributed by atoms with E-state index in [4.69, 9.17) is 4.98 Å². The van der Waals surface area contributed by atoms with E-state index in [1.54, 1.807) is 11.3 Å². The van der Waals surface area contributed by atoms with Crippen molar-refractivity contribution >= 4 is 22.4 Å². The third-order valence-electron chi connectivity index (χ3n) is 5.16. The first-order valence-corrected chi connectivity index (χ1v) is 10.1. The lowest BCUT2D eigenvalue weighted by atomic mass is 9.99. The van der Waals surface area contributed by atoms with E-state index in [0.29, 0.717) is 0 Å². The zero-order valence-electron chi connectivity index (χ0n) is 15.2. The Balaban J connectivity index is 1.50. The molecule has 1 aromatic heterocycles. The molecule has 0 unspecified atom stereocenters. The van der Waals surface area contributed by atoms with Crippen LogP contribution in [0.1, 0.15) is 39.3 Å². The van der Waals surface area contributed by atoms with Crippen LogP contribution in [-0.2, 0) is 11.3 Å². The monoisotopic (exact) mass is 350 g/mol. The van der Waals surface area contributed by atoms with Gasteiger partial charge >= 0.3 is 0 Å². The molecule has 134 valence electrons. The first-order chi connectivity index (χ1) is 11.5. The summed E-state index contributed by atoms with van der Waals surface area (Å²) in [5, 5.41) is 3.32. The summed E-state index contributed by atoms with van der Waals surface area (Å²) in [6, 6.07) is 0. The molecule has 3 rings (SSSR count). The van der Waals surface area contributed by atoms with Gasteiger partial charge in [0.25, 0.3) is 0 Å². The molecule has 6 heteroatoms. The maximum Gasteiger partial charge on any atom is 0.225 e. The molecule has 0 aliphatic carbocycles. The second kappa shape index (κ2) is 7.83. The zero-order chi connectivity index (χ0) is 17.1. The Bertz CT molecular complexity index is 543. The summed E-state index contributed by atoms with van der Waals surface area (Å²) < 4.78 is 0. The van der Waals surface area contributed by atoms with Gasteiger partial charge in [-0.1, -0.05) is 20.8 Å². The van der Waals surface area contributed by atoms with E-state index in [2.05, 4.69) is 22.1 Å². The lowest BCUT2D eigenvalue weighted by molar-refractivity contribution is -0.134. The molecule has 0 aromatic carbocycles. The van der Waals surface area contributed by atoms with Gasteiger partial charge in [0.15, 0.2) is 5.13 Å². The SMILES string of the molecule is CC1CCN(Cc2csc(N3CCN(C(=O)C(C)C)CC3)n2)CC1. The summed E-state index contributed by atoms with van der Waals surface area (Å²) >= 11 is 1.75. The quantitative estimate of drug-likeness (QED) is 0.837. The first-order valence-electron chi connectivity index (χ1n) is 9.23. The van der Waals surface area contributed by atoms with Gasteiger partial charge in [0, 0.05) is 44.0 Å². The van der Waals surface area contributed by atoms with Crippen LogP contribution in [0.3, 0.4) is 0 Å². The molecular formula is C18H30N4OS. The summed E-state index contributed by atoms with van der Waals surface area (Å²) in [6.45, 7) is 13.1. The number of likely N-dealkylation sites (tertiary alicyclic amines) is 1. The highest BCUT2D eigenvalue weighted by molar-refractivity contribution is 7.13. The van der Waals surface area contributed by atoms with E-state index < -0.39 is 0 Å². The predicted molar refractivity (Wildman–Crippen MR) is 99.4 cm³/mol. The first kappa shape index (κ1) is 17.7. The average Bonchev–Trinajstić information content (AvgIpc) is 3.05. The van der Waals surface area contributed by atoms with Crippen LogP contribution in [-0.4, -0.2) is 60.0 Å². The van der Waals surface area contributed by atoms with Gasteiger partial charge in [-0.2, -0.15) is 0 Å². The van der Waals surface area contributed by atoms with Crippen LogP contribution in [0.2, 0.25) is 0 Å². The van der Waals surface area contributed by atoms with Crippen molar-refractivity contribution in [3.63, 3.8) is 0 Å². The Morgan fingerprint density at radius 1 is 1.21 bits per heavy atom. The molecule has 0 N–H and O–H groups in total. The number of rotatable bonds is 4. The third-order valence-corrected chi connectivity index (χ3v) is 6.11. The molecule has 0 radical (unpaired) electrons. The number of nitrogens with zero attached hydrogens (tertiary/aromatic N) is 4. The van der Waals surface area contributed by atoms with Crippen molar-refractivity contribution in [3.8, 4) is 0 Å². The van der Waals surface area contributed by atoms with Gasteiger partial charge in [0.2, 0.25) is 5.91 Å². The number of anilines is 1. The molecule has 1 aromatic rings. The molecule has 0 spiro atoms. The van der Waals surface area contributed by atoms with Crippen LogP contribution in [0, 0.1) is 11.8 Å². The van der Waals surface area contributed by atoms with Gasteiger partial charge in [-0.15, -0.1) is 11.3 Å². The molecule has 2 saturated heterocycles. The van der Waals surface area contributed by atoms with E-state index in [-0.39, 0.29) is 11.8 Å². The predicted octanol–water partition coefficient (Wildman–Crippen LogP) is 2.68. The number of piperidine rings is 1. The van der Waals surface area contributed by atoms with Crippen LogP contribution < -0.4 is 4.90 Å². The number of thiazole rings is 1. The van der Waals surface area contributed by atoms with Gasteiger partial charge < -0.3 is 9.80 Å². The summed E-state index contributed by atoms with van der Waals surface area (Å²) in [5.41, 5.74) is 1.20. The van der Waals surface area contributed by atoms with E-state index >= 15 is 0 Å². The second-order valence-corrected chi connectivity index (χ2v) is 8.38. The highest BCUT2D eigenvalue weighted by Gasteiger charge is 2.24. The van der Waals surface area contributed by atoms with Crippen LogP contribution in [0.5, 0.6) is 0 Å². The minimum Gasteiger partial charge on any atom is -0.345 e. The topological polar surface area (TPSA) is 39.7 Å². The fourth-order valence-corrected chi connectivity index (χ4v) is 4.32. The lowest BCUT2D eigenvalue weighted by Gasteiger charge is -2.35. The number of hydrogen-bond acceptors (Lipinski definition) is 5. The normalized spacial score (nSPS) is 20.8.